The van der Waals surface area contributed by atoms with E-state index < -0.39 is 0 Å². The molecule has 5 rings (SSSR count). The van der Waals surface area contributed by atoms with Gasteiger partial charge in [0.05, 0.1) is 18.1 Å². The molecule has 31 heavy (non-hydrogen) atoms. The molecule has 0 radical (unpaired) electrons. The van der Waals surface area contributed by atoms with Gasteiger partial charge >= 0.3 is 0 Å². The molecule has 0 aliphatic heterocycles. The van der Waals surface area contributed by atoms with Crippen LogP contribution in [0.5, 0.6) is 11.5 Å². The summed E-state index contributed by atoms with van der Waals surface area (Å²) in [7, 11) is 1.54. The van der Waals surface area contributed by atoms with Crippen LogP contribution in [0.2, 0.25) is 5.15 Å². The number of halogens is 1. The Bertz CT molecular complexity index is 1310. The summed E-state index contributed by atoms with van der Waals surface area (Å²) in [4.78, 5) is 26.1. The number of rotatable bonds is 5. The number of anilines is 1. The van der Waals surface area contributed by atoms with E-state index in [9.17, 15) is 5.11 Å². The topological polar surface area (TPSA) is 119 Å². The van der Waals surface area contributed by atoms with E-state index in [0.29, 0.717) is 23.0 Å². The van der Waals surface area contributed by atoms with Gasteiger partial charge in [-0.25, -0.2) is 29.9 Å². The molecule has 0 fully saturated rings. The van der Waals surface area contributed by atoms with Crippen LogP contribution in [0, 0.1) is 0 Å². The van der Waals surface area contributed by atoms with Gasteiger partial charge in [0.25, 0.3) is 0 Å². The number of aromatic nitrogens is 6. The van der Waals surface area contributed by atoms with Gasteiger partial charge in [0.15, 0.2) is 22.5 Å². The maximum atomic E-state index is 9.57. The number of thiazole rings is 2. The average molecular weight is 474 g/mol. The minimum absolute atomic E-state index is 0.147. The van der Waals surface area contributed by atoms with Crippen LogP contribution in [0.15, 0.2) is 41.9 Å². The summed E-state index contributed by atoms with van der Waals surface area (Å²) in [6.45, 7) is 0.706. The van der Waals surface area contributed by atoms with Crippen molar-refractivity contribution in [1.82, 2.24) is 29.9 Å². The quantitative estimate of drug-likeness (QED) is 0.362. The molecule has 4 heterocycles. The van der Waals surface area contributed by atoms with Crippen LogP contribution in [0.3, 0.4) is 0 Å². The highest BCUT2D eigenvalue weighted by atomic mass is 35.5. The molecule has 0 saturated heterocycles. The number of nitrogens with one attached hydrogen (secondary N) is 1. The van der Waals surface area contributed by atoms with Crippen molar-refractivity contribution in [2.45, 2.75) is 6.42 Å². The van der Waals surface area contributed by atoms with E-state index in [4.69, 9.17) is 16.3 Å². The highest BCUT2D eigenvalue weighted by Crippen LogP contribution is 2.26. The van der Waals surface area contributed by atoms with Crippen LogP contribution < -0.4 is 10.1 Å². The second kappa shape index (κ2) is 9.77. The zero-order chi connectivity index (χ0) is 21.6. The van der Waals surface area contributed by atoms with Crippen molar-refractivity contribution in [2.24, 2.45) is 0 Å². The molecule has 158 valence electrons. The van der Waals surface area contributed by atoms with Gasteiger partial charge in [-0.1, -0.05) is 17.7 Å². The van der Waals surface area contributed by atoms with Crippen LogP contribution in [-0.4, -0.2) is 48.7 Å². The number of phenols is 1. The molecule has 0 unspecified atom stereocenters. The first-order chi connectivity index (χ1) is 15.2. The van der Waals surface area contributed by atoms with Crippen LogP contribution in [-0.2, 0) is 6.42 Å². The summed E-state index contributed by atoms with van der Waals surface area (Å²) >= 11 is 8.64. The Morgan fingerprint density at radius 3 is 2.42 bits per heavy atom. The minimum Gasteiger partial charge on any atom is -0.504 e. The van der Waals surface area contributed by atoms with Gasteiger partial charge in [0.1, 0.15) is 33.3 Å². The average Bonchev–Trinajstić information content (AvgIpc) is 3.46. The summed E-state index contributed by atoms with van der Waals surface area (Å²) in [5.74, 6) is 1.37. The van der Waals surface area contributed by atoms with Gasteiger partial charge in [-0.3, -0.25) is 0 Å². The zero-order valence-corrected chi connectivity index (χ0v) is 18.6. The van der Waals surface area contributed by atoms with Gasteiger partial charge in [-0.05, 0) is 24.1 Å². The molecule has 9 nitrogen and oxygen atoms in total. The number of ether oxygens (including phenoxy) is 1. The molecule has 5 aromatic rings. The van der Waals surface area contributed by atoms with Crippen molar-refractivity contribution in [3.05, 3.63) is 52.6 Å². The molecule has 1 aromatic carbocycles. The predicted molar refractivity (Wildman–Crippen MR) is 122 cm³/mol. The lowest BCUT2D eigenvalue weighted by atomic mass is 10.1. The molecule has 0 spiro atoms. The lowest BCUT2D eigenvalue weighted by Crippen LogP contribution is -2.07. The third kappa shape index (κ3) is 4.95. The Morgan fingerprint density at radius 2 is 1.68 bits per heavy atom. The number of nitrogens with zero attached hydrogens (tertiary/aromatic N) is 6. The molecule has 4 aromatic heterocycles. The predicted octanol–water partition coefficient (Wildman–Crippen LogP) is 4.19. The summed E-state index contributed by atoms with van der Waals surface area (Å²) < 4.78 is 5.10. The van der Waals surface area contributed by atoms with Crippen molar-refractivity contribution in [3.63, 3.8) is 0 Å². The van der Waals surface area contributed by atoms with Crippen molar-refractivity contribution in [2.75, 3.05) is 19.0 Å². The van der Waals surface area contributed by atoms with Crippen LogP contribution in [0.4, 0.5) is 5.82 Å². The van der Waals surface area contributed by atoms with E-state index >= 15 is 0 Å². The highest BCUT2D eigenvalue weighted by Gasteiger charge is 2.07. The first-order valence-corrected chi connectivity index (χ1v) is 11.1. The van der Waals surface area contributed by atoms with E-state index in [1.807, 2.05) is 12.1 Å². The summed E-state index contributed by atoms with van der Waals surface area (Å²) in [6.07, 6.45) is 3.75. The van der Waals surface area contributed by atoms with Crippen molar-refractivity contribution >= 4 is 60.8 Å². The monoisotopic (exact) mass is 473 g/mol. The Hall–Kier alpha value is -3.15. The molecule has 0 amide bonds. The molecule has 0 saturated carbocycles. The maximum Gasteiger partial charge on any atom is 0.160 e. The normalized spacial score (nSPS) is 10.6. The van der Waals surface area contributed by atoms with E-state index in [2.05, 4.69) is 35.2 Å². The van der Waals surface area contributed by atoms with Gasteiger partial charge in [0.2, 0.25) is 0 Å². The Morgan fingerprint density at radius 1 is 0.968 bits per heavy atom. The molecule has 12 heteroatoms. The minimum atomic E-state index is 0.147. The summed E-state index contributed by atoms with van der Waals surface area (Å²) in [5, 5.41) is 13.3. The molecule has 0 atom stereocenters. The van der Waals surface area contributed by atoms with Crippen molar-refractivity contribution in [3.8, 4) is 11.5 Å². The lowest BCUT2D eigenvalue weighted by molar-refractivity contribution is 0.373. The number of benzene rings is 1. The number of methoxy groups -OCH3 is 1. The fourth-order valence-corrected chi connectivity index (χ4v) is 4.18. The number of hydrogen-bond donors (Lipinski definition) is 2. The fourth-order valence-electron chi connectivity index (χ4n) is 2.69. The molecule has 0 aliphatic carbocycles. The largest absolute Gasteiger partial charge is 0.504 e. The Kier molecular flexibility index (Phi) is 6.65. The Labute approximate surface area is 189 Å². The first-order valence-electron chi connectivity index (χ1n) is 8.99. The van der Waals surface area contributed by atoms with E-state index in [1.54, 1.807) is 17.1 Å². The zero-order valence-electron chi connectivity index (χ0n) is 16.2. The highest BCUT2D eigenvalue weighted by molar-refractivity contribution is 7.16. The van der Waals surface area contributed by atoms with Gasteiger partial charge < -0.3 is 15.2 Å². The van der Waals surface area contributed by atoms with Gasteiger partial charge in [-0.15, -0.1) is 22.7 Å². The Balaban J connectivity index is 0.000000192. The molecular weight excluding hydrogens is 458 g/mol. The smallest absolute Gasteiger partial charge is 0.160 e. The van der Waals surface area contributed by atoms with Crippen LogP contribution >= 0.6 is 34.3 Å². The molecule has 0 aliphatic rings. The van der Waals surface area contributed by atoms with E-state index in [0.717, 1.165) is 33.0 Å². The van der Waals surface area contributed by atoms with E-state index in [1.165, 1.54) is 42.4 Å². The molecule has 2 N–H and O–H groups in total. The van der Waals surface area contributed by atoms with Gasteiger partial charge in [-0.2, -0.15) is 0 Å². The third-order valence-electron chi connectivity index (χ3n) is 4.18. The summed E-state index contributed by atoms with van der Waals surface area (Å²) in [6, 6.07) is 5.34. The number of hydrogen-bond acceptors (Lipinski definition) is 11. The third-order valence-corrected chi connectivity index (χ3v) is 5.92. The van der Waals surface area contributed by atoms with E-state index in [-0.39, 0.29) is 5.75 Å². The van der Waals surface area contributed by atoms with Crippen LogP contribution in [0.1, 0.15) is 5.56 Å². The molecular formula is C19H16ClN7O2S2. The first kappa shape index (κ1) is 21.1. The lowest BCUT2D eigenvalue weighted by Gasteiger charge is -2.08. The van der Waals surface area contributed by atoms with Crippen molar-refractivity contribution < 1.29 is 9.84 Å². The summed E-state index contributed by atoms with van der Waals surface area (Å²) in [5.41, 5.74) is 6.02. The second-order valence-electron chi connectivity index (χ2n) is 6.08. The van der Waals surface area contributed by atoms with Crippen LogP contribution in [0.25, 0.3) is 20.7 Å². The fraction of sp³-hybridized carbons (Fsp3) is 0.158. The second-order valence-corrected chi connectivity index (χ2v) is 8.11. The maximum absolute atomic E-state index is 9.57. The van der Waals surface area contributed by atoms with Gasteiger partial charge in [0, 0.05) is 6.54 Å². The number of phenolic OH excluding ortho intramolecular Hbond substituents is 1. The molecule has 0 bridgehead atoms. The SMILES string of the molecule is COc1cc(CCNc2ncnc3scnc23)ccc1O.Clc1ncnc2scnc12. The van der Waals surface area contributed by atoms with Crippen molar-refractivity contribution in [1.29, 1.82) is 0 Å². The number of aromatic hydroxyl groups is 1. The standard InChI is InChI=1S/C14H14N4O2S.C5H2ClN3S/c1-20-11-6-9(2-3-10(11)19)4-5-15-13-12-14(17-7-16-13)21-8-18-12;6-4-3-5(8-1-7-4)10-2-9-3/h2-3,6-8,19H,4-5H2,1H3,(H,15,16,17);1-2H. The number of fused-ring (bicyclic) bond motifs is 2.